The van der Waals surface area contributed by atoms with E-state index in [0.29, 0.717) is 29.8 Å². The number of benzene rings is 2. The second-order valence-electron chi connectivity index (χ2n) is 11.2. The number of nitrogens with zero attached hydrogens (tertiary/aromatic N) is 5. The van der Waals surface area contributed by atoms with Crippen molar-refractivity contribution in [3.8, 4) is 5.75 Å². The van der Waals surface area contributed by atoms with Gasteiger partial charge in [0.05, 0.1) is 24.5 Å². The molecular formula is C31H39Cl2N5O3. The zero-order valence-electron chi connectivity index (χ0n) is 23.5. The maximum Gasteiger partial charge on any atom is 0.215 e. The first kappa shape index (κ1) is 28.8. The third kappa shape index (κ3) is 7.19. The molecule has 2 atom stereocenters. The first-order valence-corrected chi connectivity index (χ1v) is 15.5. The van der Waals surface area contributed by atoms with Crippen molar-refractivity contribution >= 4 is 28.9 Å². The van der Waals surface area contributed by atoms with Gasteiger partial charge in [0.25, 0.3) is 0 Å². The van der Waals surface area contributed by atoms with Gasteiger partial charge in [-0.25, -0.2) is 4.98 Å². The van der Waals surface area contributed by atoms with Gasteiger partial charge < -0.3 is 28.6 Å². The lowest BCUT2D eigenvalue weighted by molar-refractivity contribution is -0.189. The molecule has 3 saturated heterocycles. The molecule has 8 nitrogen and oxygen atoms in total. The van der Waals surface area contributed by atoms with Crippen LogP contribution in [-0.2, 0) is 21.8 Å². The summed E-state index contributed by atoms with van der Waals surface area (Å²) in [6.45, 7) is 10.4. The van der Waals surface area contributed by atoms with E-state index in [0.717, 1.165) is 37.5 Å². The molecule has 0 N–H and O–H groups in total. The number of halogens is 2. The molecule has 0 radical (unpaired) electrons. The molecule has 0 spiro atoms. The van der Waals surface area contributed by atoms with E-state index < -0.39 is 5.79 Å². The first-order chi connectivity index (χ1) is 20.1. The highest BCUT2D eigenvalue weighted by Crippen LogP contribution is 2.40. The van der Waals surface area contributed by atoms with E-state index in [1.54, 1.807) is 24.7 Å². The van der Waals surface area contributed by atoms with Crippen molar-refractivity contribution in [3.63, 3.8) is 0 Å². The minimum Gasteiger partial charge on any atom is -0.491 e. The first-order valence-electron chi connectivity index (χ1n) is 14.7. The summed E-state index contributed by atoms with van der Waals surface area (Å²) in [5.41, 5.74) is 1.97. The molecule has 0 aliphatic carbocycles. The van der Waals surface area contributed by atoms with Gasteiger partial charge in [0.2, 0.25) is 5.79 Å². The predicted octanol–water partition coefficient (Wildman–Crippen LogP) is 5.15. The highest BCUT2D eigenvalue weighted by atomic mass is 35.5. The molecule has 4 heterocycles. The molecule has 0 bridgehead atoms. The lowest BCUT2D eigenvalue weighted by Gasteiger charge is -2.37. The van der Waals surface area contributed by atoms with Gasteiger partial charge in [-0.1, -0.05) is 35.7 Å². The minimum absolute atomic E-state index is 0.261. The normalized spacial score (nSPS) is 24.1. The Morgan fingerprint density at radius 3 is 2.37 bits per heavy atom. The van der Waals surface area contributed by atoms with E-state index in [1.807, 2.05) is 29.0 Å². The number of hydrogen-bond donors (Lipinski definition) is 0. The number of piperidine rings is 1. The Kier molecular flexibility index (Phi) is 9.35. The van der Waals surface area contributed by atoms with Gasteiger partial charge in [-0.2, -0.15) is 0 Å². The Bertz CT molecular complexity index is 1250. The molecule has 41 heavy (non-hydrogen) atoms. The van der Waals surface area contributed by atoms with Crippen molar-refractivity contribution in [2.24, 2.45) is 0 Å². The van der Waals surface area contributed by atoms with Crippen LogP contribution in [0.2, 0.25) is 10.0 Å². The number of ether oxygens (including phenoxy) is 3. The molecule has 10 heteroatoms. The average molecular weight is 601 g/mol. The van der Waals surface area contributed by atoms with Crippen LogP contribution in [0.15, 0.2) is 61.2 Å². The third-order valence-electron chi connectivity index (χ3n) is 8.34. The molecule has 0 unspecified atom stereocenters. The molecule has 1 aromatic heterocycles. The Balaban J connectivity index is 1.00. The van der Waals surface area contributed by atoms with Crippen LogP contribution in [0, 0.1) is 0 Å². The lowest BCUT2D eigenvalue weighted by atomic mass is 10.1. The minimum atomic E-state index is -1.06. The largest absolute Gasteiger partial charge is 0.491 e. The van der Waals surface area contributed by atoms with Crippen LogP contribution in [-0.4, -0.2) is 91.0 Å². The van der Waals surface area contributed by atoms with E-state index in [-0.39, 0.29) is 6.10 Å². The number of aromatic nitrogens is 2. The average Bonchev–Trinajstić information content (AvgIpc) is 3.67. The number of piperazine rings is 1. The molecular weight excluding hydrogens is 561 g/mol. The van der Waals surface area contributed by atoms with Crippen molar-refractivity contribution < 1.29 is 14.2 Å². The summed E-state index contributed by atoms with van der Waals surface area (Å²) in [7, 11) is 0. The Morgan fingerprint density at radius 2 is 1.66 bits per heavy atom. The van der Waals surface area contributed by atoms with Crippen molar-refractivity contribution in [2.75, 3.05) is 70.5 Å². The quantitative estimate of drug-likeness (QED) is 0.319. The van der Waals surface area contributed by atoms with Crippen molar-refractivity contribution in [1.82, 2.24) is 19.4 Å². The zero-order chi connectivity index (χ0) is 28.1. The molecule has 0 amide bonds. The van der Waals surface area contributed by atoms with Gasteiger partial charge in [0, 0.05) is 67.9 Å². The molecule has 3 aromatic rings. The highest BCUT2D eigenvalue weighted by Gasteiger charge is 2.45. The number of imidazole rings is 1. The highest BCUT2D eigenvalue weighted by molar-refractivity contribution is 6.35. The van der Waals surface area contributed by atoms with Gasteiger partial charge in [0.15, 0.2) is 0 Å². The number of rotatable bonds is 10. The molecule has 3 aliphatic rings. The Hall–Kier alpha value is -2.33. The van der Waals surface area contributed by atoms with E-state index in [4.69, 9.17) is 37.4 Å². The van der Waals surface area contributed by atoms with E-state index in [2.05, 4.69) is 31.8 Å². The second kappa shape index (κ2) is 13.3. The van der Waals surface area contributed by atoms with Crippen LogP contribution in [0.1, 0.15) is 24.8 Å². The summed E-state index contributed by atoms with van der Waals surface area (Å²) in [5, 5.41) is 1.06. The predicted molar refractivity (Wildman–Crippen MR) is 162 cm³/mol. The summed E-state index contributed by atoms with van der Waals surface area (Å²) >= 11 is 12.7. The monoisotopic (exact) mass is 599 g/mol. The Morgan fingerprint density at radius 1 is 0.902 bits per heavy atom. The Labute approximate surface area is 252 Å². The number of anilines is 1. The lowest BCUT2D eigenvalue weighted by Crippen LogP contribution is -2.48. The summed E-state index contributed by atoms with van der Waals surface area (Å²) in [6.07, 6.45) is 9.20. The maximum atomic E-state index is 6.59. The third-order valence-corrected chi connectivity index (χ3v) is 8.89. The second-order valence-corrected chi connectivity index (χ2v) is 12.0. The van der Waals surface area contributed by atoms with Gasteiger partial charge in [-0.3, -0.25) is 4.90 Å². The van der Waals surface area contributed by atoms with E-state index >= 15 is 0 Å². The van der Waals surface area contributed by atoms with Crippen molar-refractivity contribution in [2.45, 2.75) is 37.7 Å². The standard InChI is InChI=1S/C31H39Cl2N5O3/c32-25-4-9-29(30(33)20-25)31(23-37-13-10-34-24-37)40-22-28(41-31)21-39-27-7-5-26(6-8-27)38-18-16-36(17-19-38)15-14-35-11-2-1-3-12-35/h4-10,13,20,24,28H,1-3,11-12,14-19,21-23H2/t28-,31-/m1/s1. The van der Waals surface area contributed by atoms with Crippen LogP contribution in [0.3, 0.4) is 0 Å². The molecule has 6 rings (SSSR count). The smallest absolute Gasteiger partial charge is 0.215 e. The van der Waals surface area contributed by atoms with E-state index in [9.17, 15) is 0 Å². The number of likely N-dealkylation sites (tertiary alicyclic amines) is 1. The van der Waals surface area contributed by atoms with Crippen LogP contribution in [0.5, 0.6) is 5.75 Å². The fourth-order valence-corrected chi connectivity index (χ4v) is 6.57. The number of hydrogen-bond acceptors (Lipinski definition) is 7. The van der Waals surface area contributed by atoms with Crippen LogP contribution in [0.25, 0.3) is 0 Å². The fraction of sp³-hybridized carbons (Fsp3) is 0.516. The molecule has 3 fully saturated rings. The molecule has 220 valence electrons. The van der Waals surface area contributed by atoms with Crippen molar-refractivity contribution in [3.05, 3.63) is 76.8 Å². The molecule has 3 aliphatic heterocycles. The molecule has 2 aromatic carbocycles. The van der Waals surface area contributed by atoms with Crippen molar-refractivity contribution in [1.29, 1.82) is 0 Å². The van der Waals surface area contributed by atoms with Gasteiger partial charge >= 0.3 is 0 Å². The van der Waals surface area contributed by atoms with Crippen LogP contribution >= 0.6 is 23.2 Å². The van der Waals surface area contributed by atoms with Crippen LogP contribution < -0.4 is 9.64 Å². The topological polar surface area (TPSA) is 55.2 Å². The zero-order valence-corrected chi connectivity index (χ0v) is 25.0. The van der Waals surface area contributed by atoms with Crippen LogP contribution in [0.4, 0.5) is 5.69 Å². The SMILES string of the molecule is Clc1ccc([C@]2(Cn3ccnc3)OC[C@@H](COc3ccc(N4CCN(CCN5CCCCC5)CC4)cc3)O2)c(Cl)c1. The molecule has 0 saturated carbocycles. The summed E-state index contributed by atoms with van der Waals surface area (Å²) in [6, 6.07) is 13.8. The van der Waals surface area contributed by atoms with Gasteiger partial charge in [-0.05, 0) is 62.3 Å². The summed E-state index contributed by atoms with van der Waals surface area (Å²) in [4.78, 5) is 11.9. The summed E-state index contributed by atoms with van der Waals surface area (Å²) < 4.78 is 20.8. The van der Waals surface area contributed by atoms with Gasteiger partial charge in [0.1, 0.15) is 18.5 Å². The maximum absolute atomic E-state index is 6.59. The van der Waals surface area contributed by atoms with E-state index in [1.165, 1.54) is 51.1 Å². The van der Waals surface area contributed by atoms with Gasteiger partial charge in [-0.15, -0.1) is 0 Å². The fourth-order valence-electron chi connectivity index (χ4n) is 6.01. The summed E-state index contributed by atoms with van der Waals surface area (Å²) in [5.74, 6) is -0.245.